The van der Waals surface area contributed by atoms with Crippen molar-refractivity contribution in [3.8, 4) is 5.75 Å². The number of carboxylic acid groups (broad SMARTS) is 1. The van der Waals surface area contributed by atoms with Crippen LogP contribution < -0.4 is 20.7 Å². The summed E-state index contributed by atoms with van der Waals surface area (Å²) in [5.74, 6) is -0.713. The van der Waals surface area contributed by atoms with E-state index in [0.29, 0.717) is 28.0 Å². The Balaban J connectivity index is 1.17. The van der Waals surface area contributed by atoms with Crippen molar-refractivity contribution in [2.45, 2.75) is 44.9 Å². The van der Waals surface area contributed by atoms with Gasteiger partial charge in [0.05, 0.1) is 11.4 Å². The van der Waals surface area contributed by atoms with Crippen LogP contribution in [0.25, 0.3) is 0 Å². The molecule has 1 aliphatic carbocycles. The third kappa shape index (κ3) is 7.28. The molecular weight excluding hydrogens is 519 g/mol. The summed E-state index contributed by atoms with van der Waals surface area (Å²) in [6.45, 7) is 4.26. The number of hydrogen-bond acceptors (Lipinski definition) is 5. The highest BCUT2D eigenvalue weighted by molar-refractivity contribution is 6.35. The van der Waals surface area contributed by atoms with E-state index < -0.39 is 12.1 Å². The smallest absolute Gasteiger partial charge is 0.319 e. The second-order valence-electron chi connectivity index (χ2n) is 9.81. The van der Waals surface area contributed by atoms with Crippen LogP contribution in [0.5, 0.6) is 5.75 Å². The quantitative estimate of drug-likeness (QED) is 0.354. The highest BCUT2D eigenvalue weighted by Crippen LogP contribution is 2.48. The number of carboxylic acids is 1. The minimum absolute atomic E-state index is 0.111. The first kappa shape index (κ1) is 27.0. The van der Waals surface area contributed by atoms with Crippen molar-refractivity contribution in [3.05, 3.63) is 58.1 Å². The number of amides is 3. The van der Waals surface area contributed by atoms with Crippen LogP contribution in [-0.2, 0) is 16.1 Å². The number of halogens is 2. The molecule has 11 heteroatoms. The number of nitrogens with one attached hydrogen (secondary N) is 3. The SMILES string of the molecule is C[C@@H](Oc1ccc(Cl)cc1Cl)C(=O)NCc1cccc(NC(=O)NC2CC3(C2)CN(CCC(=O)O)C3)c1. The normalized spacial score (nSPS) is 17.3. The van der Waals surface area contributed by atoms with Crippen molar-refractivity contribution in [1.29, 1.82) is 0 Å². The fourth-order valence-corrected chi connectivity index (χ4v) is 5.37. The molecule has 3 amide bonds. The molecule has 1 saturated heterocycles. The first-order valence-electron chi connectivity index (χ1n) is 12.1. The van der Waals surface area contributed by atoms with E-state index in [-0.39, 0.29) is 36.4 Å². The Hall–Kier alpha value is -3.01. The fourth-order valence-electron chi connectivity index (χ4n) is 4.92. The Morgan fingerprint density at radius 3 is 2.62 bits per heavy atom. The zero-order valence-electron chi connectivity index (χ0n) is 20.4. The Morgan fingerprint density at radius 2 is 1.92 bits per heavy atom. The van der Waals surface area contributed by atoms with Crippen LogP contribution in [-0.4, -0.2) is 59.7 Å². The number of urea groups is 1. The molecule has 4 N–H and O–H groups in total. The number of benzene rings is 2. The predicted octanol–water partition coefficient (Wildman–Crippen LogP) is 4.14. The molecule has 9 nitrogen and oxygen atoms in total. The highest BCUT2D eigenvalue weighted by atomic mass is 35.5. The summed E-state index contributed by atoms with van der Waals surface area (Å²) in [5, 5.41) is 18.3. The van der Waals surface area contributed by atoms with Crippen LogP contribution in [0.4, 0.5) is 10.5 Å². The summed E-state index contributed by atoms with van der Waals surface area (Å²) in [6.07, 6.45) is 1.19. The van der Waals surface area contributed by atoms with Crippen molar-refractivity contribution < 1.29 is 24.2 Å². The second kappa shape index (κ2) is 11.6. The first-order valence-corrected chi connectivity index (χ1v) is 12.9. The number of likely N-dealkylation sites (tertiary alicyclic amines) is 1. The fraction of sp³-hybridized carbons (Fsp3) is 0.423. The zero-order chi connectivity index (χ0) is 26.6. The monoisotopic (exact) mass is 548 g/mol. The average molecular weight is 549 g/mol. The van der Waals surface area contributed by atoms with Crippen molar-refractivity contribution >= 4 is 46.8 Å². The minimum atomic E-state index is -0.777. The standard InChI is InChI=1S/C26H30Cl2N4O5/c1-16(37-22-6-5-18(27)10-21(22)28)24(35)29-13-17-3-2-4-19(9-17)30-25(36)31-20-11-26(12-20)14-32(15-26)8-7-23(33)34/h2-6,9-10,16,20H,7-8,11-15H2,1H3,(H,29,35)(H,33,34)(H2,30,31,36)/t16-/m1/s1. The molecule has 0 radical (unpaired) electrons. The van der Waals surface area contributed by atoms with Crippen LogP contribution in [0.2, 0.25) is 10.0 Å². The highest BCUT2D eigenvalue weighted by Gasteiger charge is 2.52. The molecule has 198 valence electrons. The van der Waals surface area contributed by atoms with E-state index in [2.05, 4.69) is 20.9 Å². The van der Waals surface area contributed by atoms with Gasteiger partial charge in [-0.1, -0.05) is 35.3 Å². The molecule has 1 spiro atoms. The third-order valence-corrected chi connectivity index (χ3v) is 7.20. The molecule has 2 fully saturated rings. The molecule has 0 unspecified atom stereocenters. The average Bonchev–Trinajstić information content (AvgIpc) is 2.79. The Kier molecular flexibility index (Phi) is 8.46. The van der Waals surface area contributed by atoms with Crippen LogP contribution in [0.1, 0.15) is 31.7 Å². The molecule has 2 aromatic carbocycles. The molecule has 1 atom stereocenters. The van der Waals surface area contributed by atoms with Crippen LogP contribution in [0.3, 0.4) is 0 Å². The third-order valence-electron chi connectivity index (χ3n) is 6.67. The molecule has 2 aromatic rings. The van der Waals surface area contributed by atoms with E-state index in [4.69, 9.17) is 33.0 Å². The maximum Gasteiger partial charge on any atom is 0.319 e. The maximum absolute atomic E-state index is 12.5. The maximum atomic E-state index is 12.5. The van der Waals surface area contributed by atoms with Gasteiger partial charge in [0, 0.05) is 42.9 Å². The Labute approximate surface area is 225 Å². The summed E-state index contributed by atoms with van der Waals surface area (Å²) in [7, 11) is 0. The van der Waals surface area contributed by atoms with Gasteiger partial charge in [0.1, 0.15) is 5.75 Å². The first-order chi connectivity index (χ1) is 17.6. The van der Waals surface area contributed by atoms with E-state index in [0.717, 1.165) is 31.5 Å². The Morgan fingerprint density at radius 1 is 1.16 bits per heavy atom. The lowest BCUT2D eigenvalue weighted by atomic mass is 9.60. The van der Waals surface area contributed by atoms with Crippen LogP contribution in [0, 0.1) is 5.41 Å². The second-order valence-corrected chi connectivity index (χ2v) is 10.7. The van der Waals surface area contributed by atoms with Gasteiger partial charge in [-0.15, -0.1) is 0 Å². The van der Waals surface area contributed by atoms with Gasteiger partial charge in [0.15, 0.2) is 6.10 Å². The number of carbonyl (C=O) groups excluding carboxylic acids is 2. The Bertz CT molecular complexity index is 1160. The summed E-state index contributed by atoms with van der Waals surface area (Å²) < 4.78 is 5.64. The van der Waals surface area contributed by atoms with E-state index in [1.54, 1.807) is 37.3 Å². The molecule has 4 rings (SSSR count). The van der Waals surface area contributed by atoms with E-state index in [9.17, 15) is 14.4 Å². The number of hydrogen-bond donors (Lipinski definition) is 4. The molecule has 0 bridgehead atoms. The van der Waals surface area contributed by atoms with Gasteiger partial charge < -0.3 is 30.7 Å². The number of aliphatic carboxylic acids is 1. The van der Waals surface area contributed by atoms with Crippen LogP contribution >= 0.6 is 23.2 Å². The molecular formula is C26H30Cl2N4O5. The largest absolute Gasteiger partial charge is 0.481 e. The number of carbonyl (C=O) groups is 3. The van der Waals surface area contributed by atoms with Gasteiger partial charge in [0.2, 0.25) is 0 Å². The summed E-state index contributed by atoms with van der Waals surface area (Å²) >= 11 is 12.0. The van der Waals surface area contributed by atoms with E-state index in [1.165, 1.54) is 0 Å². The number of nitrogens with zero attached hydrogens (tertiary/aromatic N) is 1. The van der Waals surface area contributed by atoms with Gasteiger partial charge in [0.25, 0.3) is 5.91 Å². The molecule has 37 heavy (non-hydrogen) atoms. The molecule has 1 saturated carbocycles. The summed E-state index contributed by atoms with van der Waals surface area (Å²) in [6, 6.07) is 11.9. The van der Waals surface area contributed by atoms with Crippen molar-refractivity contribution in [1.82, 2.24) is 15.5 Å². The van der Waals surface area contributed by atoms with E-state index >= 15 is 0 Å². The molecule has 1 aliphatic heterocycles. The predicted molar refractivity (Wildman–Crippen MR) is 141 cm³/mol. The lowest BCUT2D eigenvalue weighted by Gasteiger charge is -2.59. The molecule has 0 aromatic heterocycles. The number of rotatable bonds is 10. The topological polar surface area (TPSA) is 120 Å². The van der Waals surface area contributed by atoms with Gasteiger partial charge in [-0.25, -0.2) is 4.79 Å². The van der Waals surface area contributed by atoms with E-state index in [1.807, 2.05) is 12.1 Å². The van der Waals surface area contributed by atoms with Gasteiger partial charge in [-0.3, -0.25) is 9.59 Å². The van der Waals surface area contributed by atoms with Crippen molar-refractivity contribution in [3.63, 3.8) is 0 Å². The van der Waals surface area contributed by atoms with Crippen LogP contribution in [0.15, 0.2) is 42.5 Å². The lowest BCUT2D eigenvalue weighted by Crippen LogP contribution is -2.66. The number of anilines is 1. The summed E-state index contributed by atoms with van der Waals surface area (Å²) in [5.41, 5.74) is 1.66. The molecule has 2 aliphatic rings. The zero-order valence-corrected chi connectivity index (χ0v) is 21.9. The molecule has 1 heterocycles. The van der Waals surface area contributed by atoms with Gasteiger partial charge in [-0.05, 0) is 61.1 Å². The number of ether oxygens (including phenoxy) is 1. The van der Waals surface area contributed by atoms with Crippen molar-refractivity contribution in [2.75, 3.05) is 25.0 Å². The van der Waals surface area contributed by atoms with Gasteiger partial charge in [-0.2, -0.15) is 0 Å². The van der Waals surface area contributed by atoms with Crippen molar-refractivity contribution in [2.24, 2.45) is 5.41 Å². The minimum Gasteiger partial charge on any atom is -0.481 e. The summed E-state index contributed by atoms with van der Waals surface area (Å²) in [4.78, 5) is 37.8. The van der Waals surface area contributed by atoms with Gasteiger partial charge >= 0.3 is 12.0 Å². The lowest BCUT2D eigenvalue weighted by molar-refractivity contribution is -0.139.